The van der Waals surface area contributed by atoms with Crippen molar-refractivity contribution >= 4 is 35.0 Å². The molecule has 2 aromatic carbocycles. The van der Waals surface area contributed by atoms with E-state index >= 15 is 0 Å². The molecule has 0 aromatic heterocycles. The first-order chi connectivity index (χ1) is 11.0. The summed E-state index contributed by atoms with van der Waals surface area (Å²) in [4.78, 5) is 23.7. The molecular weight excluding hydrogens is 339 g/mol. The van der Waals surface area contributed by atoms with E-state index < -0.39 is 5.97 Å². The molecule has 0 fully saturated rings. The largest absolute Gasteiger partial charge is 0.497 e. The van der Waals surface area contributed by atoms with Crippen LogP contribution in [-0.4, -0.2) is 25.5 Å². The van der Waals surface area contributed by atoms with Crippen molar-refractivity contribution in [3.63, 3.8) is 0 Å². The van der Waals surface area contributed by atoms with E-state index in [2.05, 4.69) is 0 Å². The molecule has 0 heterocycles. The molecule has 2 aromatic rings. The minimum absolute atomic E-state index is 0.0820. The molecular formula is C17H14Cl2O4. The minimum atomic E-state index is -0.483. The zero-order valence-corrected chi connectivity index (χ0v) is 13.9. The Morgan fingerprint density at radius 1 is 1.00 bits per heavy atom. The number of ether oxygens (including phenoxy) is 2. The number of halogens is 2. The molecule has 23 heavy (non-hydrogen) atoms. The number of ketones is 1. The van der Waals surface area contributed by atoms with Crippen molar-refractivity contribution in [3.8, 4) is 5.75 Å². The van der Waals surface area contributed by atoms with Gasteiger partial charge in [0.1, 0.15) is 5.75 Å². The number of rotatable bonds is 6. The second-order valence-corrected chi connectivity index (χ2v) is 5.55. The van der Waals surface area contributed by atoms with E-state index in [-0.39, 0.29) is 23.8 Å². The summed E-state index contributed by atoms with van der Waals surface area (Å²) in [6.07, 6.45) is 0.0820. The monoisotopic (exact) mass is 352 g/mol. The summed E-state index contributed by atoms with van der Waals surface area (Å²) in [6, 6.07) is 11.5. The average molecular weight is 353 g/mol. The van der Waals surface area contributed by atoms with Crippen LogP contribution in [0.2, 0.25) is 10.0 Å². The van der Waals surface area contributed by atoms with Gasteiger partial charge in [0.05, 0.1) is 23.6 Å². The van der Waals surface area contributed by atoms with Gasteiger partial charge in [0.15, 0.2) is 12.4 Å². The van der Waals surface area contributed by atoms with Gasteiger partial charge in [-0.15, -0.1) is 0 Å². The van der Waals surface area contributed by atoms with E-state index in [0.717, 1.165) is 5.56 Å². The predicted octanol–water partition coefficient (Wildman–Crippen LogP) is 3.97. The van der Waals surface area contributed by atoms with Crippen LogP contribution in [0.4, 0.5) is 0 Å². The summed E-state index contributed by atoms with van der Waals surface area (Å²) in [5.74, 6) is -0.118. The number of benzene rings is 2. The van der Waals surface area contributed by atoms with Gasteiger partial charge < -0.3 is 9.47 Å². The highest BCUT2D eigenvalue weighted by Crippen LogP contribution is 2.22. The fourth-order valence-electron chi connectivity index (χ4n) is 1.86. The number of carbonyl (C=O) groups is 2. The van der Waals surface area contributed by atoms with E-state index in [0.29, 0.717) is 16.3 Å². The van der Waals surface area contributed by atoms with Gasteiger partial charge in [-0.3, -0.25) is 9.59 Å². The van der Waals surface area contributed by atoms with Crippen molar-refractivity contribution in [1.29, 1.82) is 0 Å². The average Bonchev–Trinajstić information content (AvgIpc) is 2.56. The normalized spacial score (nSPS) is 10.2. The van der Waals surface area contributed by atoms with Gasteiger partial charge in [0.2, 0.25) is 0 Å². The maximum Gasteiger partial charge on any atom is 0.310 e. The first kappa shape index (κ1) is 17.3. The SMILES string of the molecule is COc1ccc(CC(=O)OCC(=O)c2ccc(Cl)c(Cl)c2)cc1. The Labute approximate surface area is 143 Å². The number of methoxy groups -OCH3 is 1. The second-order valence-electron chi connectivity index (χ2n) is 4.74. The summed E-state index contributed by atoms with van der Waals surface area (Å²) >= 11 is 11.6. The highest BCUT2D eigenvalue weighted by Gasteiger charge is 2.12. The Kier molecular flexibility index (Phi) is 6.02. The Balaban J connectivity index is 1.87. The summed E-state index contributed by atoms with van der Waals surface area (Å²) < 4.78 is 10.0. The third-order valence-corrected chi connectivity index (χ3v) is 3.85. The first-order valence-corrected chi connectivity index (χ1v) is 7.52. The smallest absolute Gasteiger partial charge is 0.310 e. The first-order valence-electron chi connectivity index (χ1n) is 6.76. The van der Waals surface area contributed by atoms with E-state index in [9.17, 15) is 9.59 Å². The number of Topliss-reactive ketones (excluding diaryl/α,β-unsaturated/α-hetero) is 1. The molecule has 0 saturated heterocycles. The Hall–Kier alpha value is -2.04. The van der Waals surface area contributed by atoms with Crippen LogP contribution >= 0.6 is 23.2 Å². The lowest BCUT2D eigenvalue weighted by Gasteiger charge is -2.06. The van der Waals surface area contributed by atoms with Gasteiger partial charge in [-0.05, 0) is 35.9 Å². The molecule has 6 heteroatoms. The minimum Gasteiger partial charge on any atom is -0.497 e. The molecule has 0 unspecified atom stereocenters. The maximum absolute atomic E-state index is 12.0. The summed E-state index contributed by atoms with van der Waals surface area (Å²) in [6.45, 7) is -0.340. The topological polar surface area (TPSA) is 52.6 Å². The van der Waals surface area contributed by atoms with Gasteiger partial charge in [-0.1, -0.05) is 35.3 Å². The Morgan fingerprint density at radius 3 is 2.30 bits per heavy atom. The quantitative estimate of drug-likeness (QED) is 0.583. The van der Waals surface area contributed by atoms with Crippen LogP contribution in [0.3, 0.4) is 0 Å². The maximum atomic E-state index is 12.0. The van der Waals surface area contributed by atoms with Gasteiger partial charge in [-0.2, -0.15) is 0 Å². The van der Waals surface area contributed by atoms with E-state index in [4.69, 9.17) is 32.7 Å². The van der Waals surface area contributed by atoms with Gasteiger partial charge in [0, 0.05) is 5.56 Å². The summed E-state index contributed by atoms with van der Waals surface area (Å²) in [7, 11) is 1.57. The van der Waals surface area contributed by atoms with Crippen LogP contribution in [0.5, 0.6) is 5.75 Å². The van der Waals surface area contributed by atoms with E-state index in [1.165, 1.54) is 18.2 Å². The van der Waals surface area contributed by atoms with Crippen molar-refractivity contribution in [2.45, 2.75) is 6.42 Å². The van der Waals surface area contributed by atoms with Crippen LogP contribution in [-0.2, 0) is 16.0 Å². The van der Waals surface area contributed by atoms with Crippen LogP contribution in [0.1, 0.15) is 15.9 Å². The number of hydrogen-bond acceptors (Lipinski definition) is 4. The van der Waals surface area contributed by atoms with Crippen molar-refractivity contribution < 1.29 is 19.1 Å². The molecule has 0 saturated carbocycles. The van der Waals surface area contributed by atoms with Gasteiger partial charge in [-0.25, -0.2) is 0 Å². The lowest BCUT2D eigenvalue weighted by atomic mass is 10.1. The zero-order valence-electron chi connectivity index (χ0n) is 12.3. The van der Waals surface area contributed by atoms with Crippen molar-refractivity contribution in [2.24, 2.45) is 0 Å². The lowest BCUT2D eigenvalue weighted by Crippen LogP contribution is -2.15. The van der Waals surface area contributed by atoms with Crippen LogP contribution in [0.15, 0.2) is 42.5 Å². The number of carbonyl (C=O) groups excluding carboxylic acids is 2. The van der Waals surface area contributed by atoms with Crippen molar-refractivity contribution in [1.82, 2.24) is 0 Å². The number of esters is 1. The number of hydrogen-bond donors (Lipinski definition) is 0. The highest BCUT2D eigenvalue weighted by atomic mass is 35.5. The molecule has 120 valence electrons. The molecule has 0 amide bonds. The highest BCUT2D eigenvalue weighted by molar-refractivity contribution is 6.42. The van der Waals surface area contributed by atoms with Crippen molar-refractivity contribution in [3.05, 3.63) is 63.6 Å². The standard InChI is InChI=1S/C17H14Cl2O4/c1-22-13-5-2-11(3-6-13)8-17(21)23-10-16(20)12-4-7-14(18)15(19)9-12/h2-7,9H,8,10H2,1H3. The Morgan fingerprint density at radius 2 is 1.70 bits per heavy atom. The molecule has 0 N–H and O–H groups in total. The lowest BCUT2D eigenvalue weighted by molar-refractivity contribution is -0.141. The molecule has 4 nitrogen and oxygen atoms in total. The molecule has 2 rings (SSSR count). The molecule has 0 aliphatic carbocycles. The van der Waals surface area contributed by atoms with Crippen LogP contribution < -0.4 is 4.74 Å². The molecule has 0 spiro atoms. The molecule has 0 aliphatic rings. The van der Waals surface area contributed by atoms with Crippen LogP contribution in [0.25, 0.3) is 0 Å². The fraction of sp³-hybridized carbons (Fsp3) is 0.176. The van der Waals surface area contributed by atoms with E-state index in [1.807, 2.05) is 0 Å². The molecule has 0 bridgehead atoms. The molecule has 0 aliphatic heterocycles. The van der Waals surface area contributed by atoms with Crippen molar-refractivity contribution in [2.75, 3.05) is 13.7 Å². The Bertz CT molecular complexity index is 711. The van der Waals surface area contributed by atoms with E-state index in [1.54, 1.807) is 31.4 Å². The molecule has 0 atom stereocenters. The third-order valence-electron chi connectivity index (χ3n) is 3.11. The van der Waals surface area contributed by atoms with Gasteiger partial charge in [0.25, 0.3) is 0 Å². The van der Waals surface area contributed by atoms with Gasteiger partial charge >= 0.3 is 5.97 Å². The summed E-state index contributed by atoms with van der Waals surface area (Å²) in [5.41, 5.74) is 1.12. The summed E-state index contributed by atoms with van der Waals surface area (Å²) in [5, 5.41) is 0.641. The predicted molar refractivity (Wildman–Crippen MR) is 88.4 cm³/mol. The second kappa shape index (κ2) is 7.99. The molecule has 0 radical (unpaired) electrons. The zero-order chi connectivity index (χ0) is 16.8. The third kappa shape index (κ3) is 4.98. The van der Waals surface area contributed by atoms with Crippen LogP contribution in [0, 0.1) is 0 Å². The fourth-order valence-corrected chi connectivity index (χ4v) is 2.16.